The van der Waals surface area contributed by atoms with Gasteiger partial charge in [-0.2, -0.15) is 0 Å². The molecule has 2 rings (SSSR count). The highest BCUT2D eigenvalue weighted by Crippen LogP contribution is 2.37. The van der Waals surface area contributed by atoms with E-state index in [4.69, 9.17) is 10.5 Å². The molecule has 0 bridgehead atoms. The number of amides is 1. The third-order valence-corrected chi connectivity index (χ3v) is 5.14. The van der Waals surface area contributed by atoms with Crippen molar-refractivity contribution in [2.75, 3.05) is 26.8 Å². The smallest absolute Gasteiger partial charge is 0.226 e. The fourth-order valence-corrected chi connectivity index (χ4v) is 3.42. The Labute approximate surface area is 123 Å². The van der Waals surface area contributed by atoms with Crippen LogP contribution in [0.4, 0.5) is 0 Å². The predicted molar refractivity (Wildman–Crippen MR) is 80.3 cm³/mol. The van der Waals surface area contributed by atoms with Crippen molar-refractivity contribution in [3.63, 3.8) is 0 Å². The van der Waals surface area contributed by atoms with E-state index < -0.39 is 0 Å². The number of carbonyl (C=O) groups excluding carboxylic acids is 1. The number of hydrogen-bond acceptors (Lipinski definition) is 3. The third kappa shape index (κ3) is 3.95. The van der Waals surface area contributed by atoms with E-state index in [0.29, 0.717) is 24.5 Å². The minimum atomic E-state index is 0.218. The number of ether oxygens (including phenoxy) is 1. The van der Waals surface area contributed by atoms with Crippen LogP contribution in [0.25, 0.3) is 0 Å². The molecule has 20 heavy (non-hydrogen) atoms. The van der Waals surface area contributed by atoms with Gasteiger partial charge in [0.2, 0.25) is 5.91 Å². The normalized spacial score (nSPS) is 28.1. The third-order valence-electron chi connectivity index (χ3n) is 5.14. The molecule has 0 aliphatic heterocycles. The number of nitrogens with zero attached hydrogens (tertiary/aromatic N) is 1. The summed E-state index contributed by atoms with van der Waals surface area (Å²) in [6, 6.07) is 0.380. The van der Waals surface area contributed by atoms with E-state index in [2.05, 4.69) is 11.8 Å². The van der Waals surface area contributed by atoms with E-state index in [1.807, 2.05) is 0 Å². The Balaban J connectivity index is 1.91. The van der Waals surface area contributed by atoms with Crippen LogP contribution in [-0.2, 0) is 9.53 Å². The molecule has 0 aromatic heterocycles. The first-order valence-electron chi connectivity index (χ1n) is 8.16. The Bertz CT molecular complexity index is 310. The van der Waals surface area contributed by atoms with E-state index in [1.54, 1.807) is 7.11 Å². The summed E-state index contributed by atoms with van der Waals surface area (Å²) in [5.74, 6) is 1.93. The minimum Gasteiger partial charge on any atom is -0.383 e. The highest BCUT2D eigenvalue weighted by atomic mass is 16.5. The fraction of sp³-hybridized carbons (Fsp3) is 0.938. The molecule has 2 fully saturated rings. The maximum Gasteiger partial charge on any atom is 0.226 e. The predicted octanol–water partition coefficient (Wildman–Crippen LogP) is 2.02. The van der Waals surface area contributed by atoms with E-state index in [1.165, 1.54) is 12.8 Å². The van der Waals surface area contributed by atoms with Gasteiger partial charge in [-0.3, -0.25) is 4.79 Å². The van der Waals surface area contributed by atoms with Crippen LogP contribution < -0.4 is 5.73 Å². The quantitative estimate of drug-likeness (QED) is 0.777. The summed E-state index contributed by atoms with van der Waals surface area (Å²) in [7, 11) is 1.71. The van der Waals surface area contributed by atoms with Crippen molar-refractivity contribution in [1.29, 1.82) is 0 Å². The summed E-state index contributed by atoms with van der Waals surface area (Å²) in [6.07, 6.45) is 6.81. The lowest BCUT2D eigenvalue weighted by Gasteiger charge is -2.35. The van der Waals surface area contributed by atoms with Gasteiger partial charge in [0.25, 0.3) is 0 Å². The molecular weight excluding hydrogens is 252 g/mol. The monoisotopic (exact) mass is 282 g/mol. The Hall–Kier alpha value is -0.610. The highest BCUT2D eigenvalue weighted by Gasteiger charge is 2.37. The molecule has 0 aromatic rings. The van der Waals surface area contributed by atoms with Gasteiger partial charge >= 0.3 is 0 Å². The van der Waals surface area contributed by atoms with Crippen LogP contribution in [0.2, 0.25) is 0 Å². The summed E-state index contributed by atoms with van der Waals surface area (Å²) in [5.41, 5.74) is 5.73. The number of rotatable bonds is 7. The Morgan fingerprint density at radius 2 is 1.90 bits per heavy atom. The average Bonchev–Trinajstić information content (AvgIpc) is 3.32. The first-order valence-corrected chi connectivity index (χ1v) is 8.16. The zero-order valence-corrected chi connectivity index (χ0v) is 13.0. The van der Waals surface area contributed by atoms with Gasteiger partial charge in [-0.25, -0.2) is 0 Å². The molecule has 2 aliphatic rings. The van der Waals surface area contributed by atoms with Crippen LogP contribution in [0.15, 0.2) is 0 Å². The first-order chi connectivity index (χ1) is 9.67. The minimum absolute atomic E-state index is 0.218. The standard InChI is InChI=1S/C16H30N2O2/c1-12(14-7-8-14)18(9-10-20-2)16(19)15-5-3-13(11-17)4-6-15/h12-15H,3-11,17H2,1-2H3. The number of nitrogens with two attached hydrogens (primary N) is 1. The molecule has 1 amide bonds. The molecule has 0 aromatic carbocycles. The maximum atomic E-state index is 12.8. The molecule has 1 unspecified atom stereocenters. The molecule has 0 radical (unpaired) electrons. The van der Waals surface area contributed by atoms with Gasteiger partial charge in [0, 0.05) is 25.6 Å². The van der Waals surface area contributed by atoms with Crippen LogP contribution in [0.3, 0.4) is 0 Å². The van der Waals surface area contributed by atoms with Crippen molar-refractivity contribution in [2.24, 2.45) is 23.5 Å². The molecular formula is C16H30N2O2. The van der Waals surface area contributed by atoms with Crippen LogP contribution in [0, 0.1) is 17.8 Å². The van der Waals surface area contributed by atoms with Crippen LogP contribution in [-0.4, -0.2) is 43.7 Å². The second-order valence-electron chi connectivity index (χ2n) is 6.56. The average molecular weight is 282 g/mol. The van der Waals surface area contributed by atoms with Gasteiger partial charge in [0.15, 0.2) is 0 Å². The van der Waals surface area contributed by atoms with Crippen molar-refractivity contribution >= 4 is 5.91 Å². The van der Waals surface area contributed by atoms with Gasteiger partial charge in [-0.05, 0) is 63.8 Å². The van der Waals surface area contributed by atoms with Crippen molar-refractivity contribution in [1.82, 2.24) is 4.90 Å². The van der Waals surface area contributed by atoms with Crippen molar-refractivity contribution in [2.45, 2.75) is 51.5 Å². The van der Waals surface area contributed by atoms with Gasteiger partial charge in [-0.15, -0.1) is 0 Å². The lowest BCUT2D eigenvalue weighted by molar-refractivity contribution is -0.140. The fourth-order valence-electron chi connectivity index (χ4n) is 3.42. The number of methoxy groups -OCH3 is 1. The topological polar surface area (TPSA) is 55.6 Å². The number of carbonyl (C=O) groups is 1. The molecule has 4 nitrogen and oxygen atoms in total. The molecule has 0 spiro atoms. The highest BCUT2D eigenvalue weighted by molar-refractivity contribution is 5.79. The van der Waals surface area contributed by atoms with E-state index in [-0.39, 0.29) is 5.92 Å². The molecule has 2 N–H and O–H groups in total. The van der Waals surface area contributed by atoms with Gasteiger partial charge in [0.1, 0.15) is 0 Å². The molecule has 1 atom stereocenters. The van der Waals surface area contributed by atoms with Crippen molar-refractivity contribution < 1.29 is 9.53 Å². The zero-order chi connectivity index (χ0) is 14.5. The molecule has 2 aliphatic carbocycles. The van der Waals surface area contributed by atoms with Crippen LogP contribution >= 0.6 is 0 Å². The van der Waals surface area contributed by atoms with Gasteiger partial charge in [0.05, 0.1) is 6.61 Å². The van der Waals surface area contributed by atoms with Crippen LogP contribution in [0.1, 0.15) is 45.4 Å². The van der Waals surface area contributed by atoms with Crippen molar-refractivity contribution in [3.8, 4) is 0 Å². The summed E-state index contributed by atoms with van der Waals surface area (Å²) in [4.78, 5) is 14.9. The zero-order valence-electron chi connectivity index (χ0n) is 13.0. The Morgan fingerprint density at radius 3 is 2.40 bits per heavy atom. The lowest BCUT2D eigenvalue weighted by Crippen LogP contribution is -2.45. The summed E-state index contributed by atoms with van der Waals surface area (Å²) < 4.78 is 5.18. The molecule has 2 saturated carbocycles. The van der Waals surface area contributed by atoms with E-state index >= 15 is 0 Å². The number of hydrogen-bond donors (Lipinski definition) is 1. The second-order valence-corrected chi connectivity index (χ2v) is 6.56. The Morgan fingerprint density at radius 1 is 1.25 bits per heavy atom. The summed E-state index contributed by atoms with van der Waals surface area (Å²) in [6.45, 7) is 4.36. The lowest BCUT2D eigenvalue weighted by atomic mass is 9.81. The van der Waals surface area contributed by atoms with E-state index in [0.717, 1.165) is 44.7 Å². The summed E-state index contributed by atoms with van der Waals surface area (Å²) in [5, 5.41) is 0. The largest absolute Gasteiger partial charge is 0.383 e. The second kappa shape index (κ2) is 7.41. The van der Waals surface area contributed by atoms with E-state index in [9.17, 15) is 4.79 Å². The molecule has 0 heterocycles. The maximum absolute atomic E-state index is 12.8. The molecule has 116 valence electrons. The van der Waals surface area contributed by atoms with Crippen molar-refractivity contribution in [3.05, 3.63) is 0 Å². The van der Waals surface area contributed by atoms with Gasteiger partial charge in [-0.1, -0.05) is 0 Å². The first kappa shape index (κ1) is 15.8. The van der Waals surface area contributed by atoms with Crippen LogP contribution in [0.5, 0.6) is 0 Å². The SMILES string of the molecule is COCCN(C(=O)C1CCC(CN)CC1)C(C)C1CC1. The summed E-state index contributed by atoms with van der Waals surface area (Å²) >= 11 is 0. The molecule has 4 heteroatoms. The molecule has 0 saturated heterocycles. The van der Waals surface area contributed by atoms with Gasteiger partial charge < -0.3 is 15.4 Å². The Kier molecular flexibility index (Phi) is 5.85.